The summed E-state index contributed by atoms with van der Waals surface area (Å²) in [6, 6.07) is 3.63. The van der Waals surface area contributed by atoms with Crippen molar-refractivity contribution in [3.63, 3.8) is 0 Å². The van der Waals surface area contributed by atoms with Crippen molar-refractivity contribution in [1.82, 2.24) is 9.88 Å². The van der Waals surface area contributed by atoms with Crippen LogP contribution in [0.2, 0.25) is 0 Å². The molecule has 1 aliphatic carbocycles. The van der Waals surface area contributed by atoms with E-state index in [9.17, 15) is 4.79 Å². The highest BCUT2D eigenvalue weighted by molar-refractivity contribution is 5.94. The third-order valence-electron chi connectivity index (χ3n) is 3.53. The van der Waals surface area contributed by atoms with E-state index in [4.69, 9.17) is 4.74 Å². The van der Waals surface area contributed by atoms with Gasteiger partial charge in [0.15, 0.2) is 0 Å². The first kappa shape index (κ1) is 15.8. The quantitative estimate of drug-likeness (QED) is 0.747. The van der Waals surface area contributed by atoms with Gasteiger partial charge in [0, 0.05) is 38.0 Å². The Labute approximate surface area is 126 Å². The second-order valence-corrected chi connectivity index (χ2v) is 5.66. The number of carbonyl (C=O) groups excluding carboxylic acids is 1. The van der Waals surface area contributed by atoms with Crippen molar-refractivity contribution in [1.29, 1.82) is 0 Å². The summed E-state index contributed by atoms with van der Waals surface area (Å²) in [6.45, 7) is 6.74. The minimum absolute atomic E-state index is 0.00896. The van der Waals surface area contributed by atoms with Gasteiger partial charge in [0.25, 0.3) is 5.91 Å². The number of amides is 1. The molecule has 0 aliphatic heterocycles. The number of aromatic nitrogens is 1. The first-order valence-electron chi connectivity index (χ1n) is 7.66. The molecule has 116 valence electrons. The smallest absolute Gasteiger partial charge is 0.253 e. The van der Waals surface area contributed by atoms with E-state index < -0.39 is 0 Å². The zero-order chi connectivity index (χ0) is 15.2. The maximum absolute atomic E-state index is 12.4. The van der Waals surface area contributed by atoms with Crippen LogP contribution in [-0.2, 0) is 4.74 Å². The van der Waals surface area contributed by atoms with Gasteiger partial charge in [0.2, 0.25) is 0 Å². The molecule has 2 rings (SSSR count). The third kappa shape index (κ3) is 5.01. The fourth-order valence-corrected chi connectivity index (χ4v) is 2.12. The number of hydrogen-bond donors (Lipinski definition) is 1. The molecule has 5 nitrogen and oxygen atoms in total. The Kier molecular flexibility index (Phi) is 5.56. The van der Waals surface area contributed by atoms with E-state index in [0.29, 0.717) is 18.7 Å². The van der Waals surface area contributed by atoms with Gasteiger partial charge in [-0.1, -0.05) is 0 Å². The molecular weight excluding hydrogens is 266 g/mol. The SMILES string of the molecule is CCNc1cc(C(=O)N(C)CCOCC2CC2)cc(C)n1. The van der Waals surface area contributed by atoms with Crippen molar-refractivity contribution in [3.05, 3.63) is 23.4 Å². The average Bonchev–Trinajstić information content (AvgIpc) is 3.26. The normalized spacial score (nSPS) is 14.0. The summed E-state index contributed by atoms with van der Waals surface area (Å²) in [7, 11) is 1.81. The number of anilines is 1. The summed E-state index contributed by atoms with van der Waals surface area (Å²) < 4.78 is 5.58. The van der Waals surface area contributed by atoms with Gasteiger partial charge in [-0.3, -0.25) is 4.79 Å². The Morgan fingerprint density at radius 1 is 1.48 bits per heavy atom. The molecule has 21 heavy (non-hydrogen) atoms. The fourth-order valence-electron chi connectivity index (χ4n) is 2.12. The molecule has 1 aromatic rings. The summed E-state index contributed by atoms with van der Waals surface area (Å²) >= 11 is 0. The molecular formula is C16H25N3O2. The Hall–Kier alpha value is -1.62. The third-order valence-corrected chi connectivity index (χ3v) is 3.53. The van der Waals surface area contributed by atoms with Crippen molar-refractivity contribution < 1.29 is 9.53 Å². The predicted molar refractivity (Wildman–Crippen MR) is 83.6 cm³/mol. The van der Waals surface area contributed by atoms with Gasteiger partial charge in [-0.15, -0.1) is 0 Å². The Bertz CT molecular complexity index is 486. The second kappa shape index (κ2) is 7.41. The Morgan fingerprint density at radius 3 is 2.90 bits per heavy atom. The van der Waals surface area contributed by atoms with Crippen LogP contribution in [0, 0.1) is 12.8 Å². The molecule has 1 aromatic heterocycles. The van der Waals surface area contributed by atoms with E-state index in [1.165, 1.54) is 12.8 Å². The van der Waals surface area contributed by atoms with Crippen LogP contribution in [-0.4, -0.2) is 49.1 Å². The van der Waals surface area contributed by atoms with Crippen LogP contribution in [0.3, 0.4) is 0 Å². The number of aryl methyl sites for hydroxylation is 1. The highest BCUT2D eigenvalue weighted by Gasteiger charge is 2.21. The lowest BCUT2D eigenvalue weighted by Crippen LogP contribution is -2.30. The number of hydrogen-bond acceptors (Lipinski definition) is 4. The van der Waals surface area contributed by atoms with E-state index >= 15 is 0 Å². The van der Waals surface area contributed by atoms with E-state index in [0.717, 1.165) is 30.6 Å². The van der Waals surface area contributed by atoms with Gasteiger partial charge in [0.1, 0.15) is 5.82 Å². The van der Waals surface area contributed by atoms with Gasteiger partial charge < -0.3 is 15.0 Å². The first-order valence-corrected chi connectivity index (χ1v) is 7.66. The minimum atomic E-state index is 0.00896. The van der Waals surface area contributed by atoms with E-state index in [1.807, 2.05) is 27.0 Å². The van der Waals surface area contributed by atoms with E-state index in [1.54, 1.807) is 11.0 Å². The van der Waals surface area contributed by atoms with Gasteiger partial charge in [-0.05, 0) is 44.7 Å². The number of ether oxygens (including phenoxy) is 1. The topological polar surface area (TPSA) is 54.5 Å². The van der Waals surface area contributed by atoms with Crippen molar-refractivity contribution in [2.24, 2.45) is 5.92 Å². The monoisotopic (exact) mass is 291 g/mol. The Morgan fingerprint density at radius 2 is 2.24 bits per heavy atom. The first-order chi connectivity index (χ1) is 10.1. The molecule has 1 saturated carbocycles. The van der Waals surface area contributed by atoms with Crippen molar-refractivity contribution in [2.45, 2.75) is 26.7 Å². The molecule has 0 unspecified atom stereocenters. The molecule has 1 heterocycles. The van der Waals surface area contributed by atoms with Crippen LogP contribution in [0.15, 0.2) is 12.1 Å². The number of carbonyl (C=O) groups is 1. The number of nitrogens with zero attached hydrogens (tertiary/aromatic N) is 2. The molecule has 1 aliphatic rings. The average molecular weight is 291 g/mol. The van der Waals surface area contributed by atoms with Crippen LogP contribution < -0.4 is 5.32 Å². The molecule has 0 spiro atoms. The van der Waals surface area contributed by atoms with E-state index in [-0.39, 0.29) is 5.91 Å². The van der Waals surface area contributed by atoms with Crippen molar-refractivity contribution in [3.8, 4) is 0 Å². The van der Waals surface area contributed by atoms with Crippen LogP contribution >= 0.6 is 0 Å². The summed E-state index contributed by atoms with van der Waals surface area (Å²) in [5.74, 6) is 1.52. The van der Waals surface area contributed by atoms with Gasteiger partial charge in [0.05, 0.1) is 6.61 Å². The van der Waals surface area contributed by atoms with Crippen LogP contribution in [0.5, 0.6) is 0 Å². The van der Waals surface area contributed by atoms with Crippen LogP contribution in [0.1, 0.15) is 35.8 Å². The summed E-state index contributed by atoms with van der Waals surface area (Å²) in [6.07, 6.45) is 2.58. The highest BCUT2D eigenvalue weighted by atomic mass is 16.5. The van der Waals surface area contributed by atoms with Gasteiger partial charge >= 0.3 is 0 Å². The Balaban J connectivity index is 1.87. The fraction of sp³-hybridized carbons (Fsp3) is 0.625. The lowest BCUT2D eigenvalue weighted by Gasteiger charge is -2.18. The lowest BCUT2D eigenvalue weighted by molar-refractivity contribution is 0.0681. The lowest BCUT2D eigenvalue weighted by atomic mass is 10.2. The van der Waals surface area contributed by atoms with Gasteiger partial charge in [-0.25, -0.2) is 4.98 Å². The molecule has 1 amide bonds. The molecule has 5 heteroatoms. The summed E-state index contributed by atoms with van der Waals surface area (Å²) in [4.78, 5) is 18.5. The molecule has 0 aromatic carbocycles. The number of rotatable bonds is 8. The minimum Gasteiger partial charge on any atom is -0.379 e. The number of likely N-dealkylation sites (N-methyl/N-ethyl adjacent to an activating group) is 1. The molecule has 0 atom stereocenters. The maximum Gasteiger partial charge on any atom is 0.253 e. The summed E-state index contributed by atoms with van der Waals surface area (Å²) in [5.41, 5.74) is 1.51. The number of nitrogens with one attached hydrogen (secondary N) is 1. The summed E-state index contributed by atoms with van der Waals surface area (Å²) in [5, 5.41) is 3.15. The molecule has 0 saturated heterocycles. The van der Waals surface area contributed by atoms with Crippen LogP contribution in [0.4, 0.5) is 5.82 Å². The zero-order valence-corrected chi connectivity index (χ0v) is 13.2. The molecule has 0 bridgehead atoms. The van der Waals surface area contributed by atoms with Crippen LogP contribution in [0.25, 0.3) is 0 Å². The van der Waals surface area contributed by atoms with Crippen molar-refractivity contribution >= 4 is 11.7 Å². The van der Waals surface area contributed by atoms with Crippen molar-refractivity contribution in [2.75, 3.05) is 38.7 Å². The second-order valence-electron chi connectivity index (χ2n) is 5.66. The maximum atomic E-state index is 12.4. The largest absolute Gasteiger partial charge is 0.379 e. The molecule has 0 radical (unpaired) electrons. The molecule has 1 N–H and O–H groups in total. The molecule has 1 fully saturated rings. The zero-order valence-electron chi connectivity index (χ0n) is 13.2. The number of pyridine rings is 1. The highest BCUT2D eigenvalue weighted by Crippen LogP contribution is 2.28. The predicted octanol–water partition coefficient (Wildman–Crippen LogP) is 2.32. The van der Waals surface area contributed by atoms with E-state index in [2.05, 4.69) is 10.3 Å². The van der Waals surface area contributed by atoms with Gasteiger partial charge in [-0.2, -0.15) is 0 Å². The standard InChI is InChI=1S/C16H25N3O2/c1-4-17-15-10-14(9-12(2)18-15)16(20)19(3)7-8-21-11-13-5-6-13/h9-10,13H,4-8,11H2,1-3H3,(H,17,18).